The Kier molecular flexibility index (Phi) is 6.39. The van der Waals surface area contributed by atoms with E-state index in [9.17, 15) is 9.50 Å². The van der Waals surface area contributed by atoms with Crippen molar-refractivity contribution in [2.24, 2.45) is 0 Å². The van der Waals surface area contributed by atoms with Gasteiger partial charge in [-0.25, -0.2) is 4.39 Å². The molecule has 0 amide bonds. The lowest BCUT2D eigenvalue weighted by Gasteiger charge is -2.16. The Morgan fingerprint density at radius 2 is 2.22 bits per heavy atom. The molecule has 0 aliphatic rings. The molecule has 0 saturated heterocycles. The molecular weight excluding hydrogens is 233 g/mol. The molecule has 0 aliphatic carbocycles. The van der Waals surface area contributed by atoms with Crippen LogP contribution in [0.4, 0.5) is 4.39 Å². The van der Waals surface area contributed by atoms with Gasteiger partial charge < -0.3 is 15.2 Å². The van der Waals surface area contributed by atoms with Crippen molar-refractivity contribution in [2.75, 3.05) is 13.2 Å². The van der Waals surface area contributed by atoms with Crippen LogP contribution in [0.25, 0.3) is 0 Å². The SMILES string of the molecule is C=CCC(C)NCC(O)COc1ccccc1F. The van der Waals surface area contributed by atoms with Crippen LogP contribution >= 0.6 is 0 Å². The Hall–Kier alpha value is -1.39. The summed E-state index contributed by atoms with van der Waals surface area (Å²) >= 11 is 0. The Morgan fingerprint density at radius 1 is 1.50 bits per heavy atom. The van der Waals surface area contributed by atoms with E-state index in [1.807, 2.05) is 13.0 Å². The molecule has 0 spiro atoms. The maximum Gasteiger partial charge on any atom is 0.165 e. The van der Waals surface area contributed by atoms with Gasteiger partial charge in [-0.15, -0.1) is 6.58 Å². The Morgan fingerprint density at radius 3 is 2.89 bits per heavy atom. The Bertz CT molecular complexity index is 371. The molecule has 1 aromatic rings. The highest BCUT2D eigenvalue weighted by Crippen LogP contribution is 2.15. The number of para-hydroxylation sites is 1. The number of benzene rings is 1. The zero-order valence-electron chi connectivity index (χ0n) is 10.6. The van der Waals surface area contributed by atoms with Gasteiger partial charge >= 0.3 is 0 Å². The average molecular weight is 253 g/mol. The van der Waals surface area contributed by atoms with E-state index in [4.69, 9.17) is 4.74 Å². The van der Waals surface area contributed by atoms with Crippen molar-refractivity contribution < 1.29 is 14.2 Å². The number of ether oxygens (including phenoxy) is 1. The van der Waals surface area contributed by atoms with E-state index >= 15 is 0 Å². The number of nitrogens with one attached hydrogen (secondary N) is 1. The predicted molar refractivity (Wildman–Crippen MR) is 70.2 cm³/mol. The predicted octanol–water partition coefficient (Wildman–Crippen LogP) is 2.12. The topological polar surface area (TPSA) is 41.5 Å². The number of aliphatic hydroxyl groups is 1. The van der Waals surface area contributed by atoms with Crippen LogP contribution in [-0.4, -0.2) is 30.4 Å². The zero-order valence-corrected chi connectivity index (χ0v) is 10.6. The standard InChI is InChI=1S/C14H20FNO2/c1-3-6-11(2)16-9-12(17)10-18-14-8-5-4-7-13(14)15/h3-5,7-8,11-12,16-17H,1,6,9-10H2,2H3. The third kappa shape index (κ3) is 5.29. The van der Waals surface area contributed by atoms with Crippen molar-refractivity contribution in [1.82, 2.24) is 5.32 Å². The highest BCUT2D eigenvalue weighted by molar-refractivity contribution is 5.23. The fraction of sp³-hybridized carbons (Fsp3) is 0.429. The molecule has 0 fully saturated rings. The molecule has 1 rings (SSSR count). The molecule has 0 radical (unpaired) electrons. The molecule has 0 heterocycles. The number of hydrogen-bond acceptors (Lipinski definition) is 3. The molecule has 100 valence electrons. The molecule has 3 nitrogen and oxygen atoms in total. The maximum absolute atomic E-state index is 13.2. The summed E-state index contributed by atoms with van der Waals surface area (Å²) < 4.78 is 18.4. The van der Waals surface area contributed by atoms with Crippen LogP contribution < -0.4 is 10.1 Å². The molecule has 4 heteroatoms. The van der Waals surface area contributed by atoms with Crippen molar-refractivity contribution in [2.45, 2.75) is 25.5 Å². The van der Waals surface area contributed by atoms with Gasteiger partial charge in [0, 0.05) is 12.6 Å². The summed E-state index contributed by atoms with van der Waals surface area (Å²) in [6.07, 6.45) is 1.98. The minimum Gasteiger partial charge on any atom is -0.488 e. The largest absolute Gasteiger partial charge is 0.488 e. The molecule has 0 aliphatic heterocycles. The zero-order chi connectivity index (χ0) is 13.4. The van der Waals surface area contributed by atoms with E-state index in [0.717, 1.165) is 6.42 Å². The van der Waals surface area contributed by atoms with Gasteiger partial charge in [-0.05, 0) is 25.5 Å². The molecule has 0 saturated carbocycles. The van der Waals surface area contributed by atoms with Gasteiger partial charge in [0.1, 0.15) is 12.7 Å². The van der Waals surface area contributed by atoms with E-state index in [0.29, 0.717) is 6.54 Å². The molecule has 2 atom stereocenters. The van der Waals surface area contributed by atoms with E-state index in [-0.39, 0.29) is 18.4 Å². The van der Waals surface area contributed by atoms with Crippen molar-refractivity contribution in [3.8, 4) is 5.75 Å². The monoisotopic (exact) mass is 253 g/mol. The van der Waals surface area contributed by atoms with Crippen molar-refractivity contribution >= 4 is 0 Å². The van der Waals surface area contributed by atoms with Gasteiger partial charge in [-0.3, -0.25) is 0 Å². The van der Waals surface area contributed by atoms with E-state index < -0.39 is 11.9 Å². The summed E-state index contributed by atoms with van der Waals surface area (Å²) in [5.41, 5.74) is 0. The highest BCUT2D eigenvalue weighted by atomic mass is 19.1. The normalized spacial score (nSPS) is 13.9. The van der Waals surface area contributed by atoms with E-state index in [1.165, 1.54) is 12.1 Å². The first kappa shape index (κ1) is 14.7. The van der Waals surface area contributed by atoms with E-state index in [1.54, 1.807) is 12.1 Å². The third-order valence-electron chi connectivity index (χ3n) is 2.49. The second-order valence-electron chi connectivity index (χ2n) is 4.23. The number of rotatable bonds is 8. The van der Waals surface area contributed by atoms with E-state index in [2.05, 4.69) is 11.9 Å². The van der Waals surface area contributed by atoms with Gasteiger partial charge in [0.25, 0.3) is 0 Å². The quantitative estimate of drug-likeness (QED) is 0.697. The fourth-order valence-corrected chi connectivity index (χ4v) is 1.48. The van der Waals surface area contributed by atoms with Crippen LogP contribution in [0, 0.1) is 5.82 Å². The van der Waals surface area contributed by atoms with Crippen LogP contribution in [0.15, 0.2) is 36.9 Å². The van der Waals surface area contributed by atoms with Gasteiger partial charge in [-0.2, -0.15) is 0 Å². The lowest BCUT2D eigenvalue weighted by molar-refractivity contribution is 0.102. The minimum atomic E-state index is -0.670. The Labute approximate surface area is 107 Å². The first-order chi connectivity index (χ1) is 8.63. The summed E-state index contributed by atoms with van der Waals surface area (Å²) in [4.78, 5) is 0. The number of halogens is 1. The van der Waals surface area contributed by atoms with Crippen LogP contribution in [0.1, 0.15) is 13.3 Å². The maximum atomic E-state index is 13.2. The first-order valence-corrected chi connectivity index (χ1v) is 6.03. The van der Waals surface area contributed by atoms with Crippen LogP contribution in [0.3, 0.4) is 0 Å². The summed E-state index contributed by atoms with van der Waals surface area (Å²) in [5.74, 6) is -0.256. The fourth-order valence-electron chi connectivity index (χ4n) is 1.48. The summed E-state index contributed by atoms with van der Waals surface area (Å²) in [5, 5.41) is 12.8. The molecule has 1 aromatic carbocycles. The molecule has 0 aromatic heterocycles. The summed E-state index contributed by atoms with van der Waals surface area (Å²) in [6.45, 7) is 6.12. The van der Waals surface area contributed by atoms with Gasteiger partial charge in [0.05, 0.1) is 0 Å². The molecule has 2 N–H and O–H groups in total. The smallest absolute Gasteiger partial charge is 0.165 e. The average Bonchev–Trinajstić information content (AvgIpc) is 2.36. The van der Waals surface area contributed by atoms with Crippen LogP contribution in [-0.2, 0) is 0 Å². The lowest BCUT2D eigenvalue weighted by Crippen LogP contribution is -2.36. The van der Waals surface area contributed by atoms with Crippen molar-refractivity contribution in [1.29, 1.82) is 0 Å². The first-order valence-electron chi connectivity index (χ1n) is 6.03. The summed E-state index contributed by atoms with van der Waals surface area (Å²) in [7, 11) is 0. The lowest BCUT2D eigenvalue weighted by atomic mass is 10.2. The van der Waals surface area contributed by atoms with Gasteiger partial charge in [-0.1, -0.05) is 18.2 Å². The second-order valence-corrected chi connectivity index (χ2v) is 4.23. The van der Waals surface area contributed by atoms with Crippen LogP contribution in [0.5, 0.6) is 5.75 Å². The molecule has 18 heavy (non-hydrogen) atoms. The third-order valence-corrected chi connectivity index (χ3v) is 2.49. The number of aliphatic hydroxyl groups excluding tert-OH is 1. The second kappa shape index (κ2) is 7.84. The Balaban J connectivity index is 2.27. The summed E-state index contributed by atoms with van der Waals surface area (Å²) in [6, 6.07) is 6.40. The number of hydrogen-bond donors (Lipinski definition) is 2. The molecule has 0 bridgehead atoms. The van der Waals surface area contributed by atoms with Crippen LogP contribution in [0.2, 0.25) is 0 Å². The van der Waals surface area contributed by atoms with Gasteiger partial charge in [0.2, 0.25) is 0 Å². The highest BCUT2D eigenvalue weighted by Gasteiger charge is 2.08. The van der Waals surface area contributed by atoms with Crippen molar-refractivity contribution in [3.05, 3.63) is 42.7 Å². The van der Waals surface area contributed by atoms with Crippen molar-refractivity contribution in [3.63, 3.8) is 0 Å². The minimum absolute atomic E-state index is 0.0642. The molecular formula is C14H20FNO2. The molecule has 2 unspecified atom stereocenters. The van der Waals surface area contributed by atoms with Gasteiger partial charge in [0.15, 0.2) is 11.6 Å².